The molecule has 0 aliphatic heterocycles. The minimum Gasteiger partial charge on any atom is -0.364 e. The molecule has 0 fully saturated rings. The van der Waals surface area contributed by atoms with Gasteiger partial charge in [0, 0.05) is 5.56 Å². The van der Waals surface area contributed by atoms with E-state index in [1.54, 1.807) is 18.3 Å². The first-order chi connectivity index (χ1) is 5.86. The Balaban J connectivity index is 2.48. The van der Waals surface area contributed by atoms with Gasteiger partial charge in [0.15, 0.2) is 5.75 Å². The second-order valence-electron chi connectivity index (χ2n) is 2.44. The fraction of sp³-hybridized carbons (Fsp3) is 0. The van der Waals surface area contributed by atoms with Crippen molar-refractivity contribution >= 4 is 0 Å². The van der Waals surface area contributed by atoms with E-state index in [1.165, 1.54) is 12.3 Å². The molecule has 0 unspecified atom stereocenters. The van der Waals surface area contributed by atoms with E-state index in [4.69, 9.17) is 0 Å². The van der Waals surface area contributed by atoms with Crippen LogP contribution in [0, 0.1) is 0 Å². The zero-order valence-corrected chi connectivity index (χ0v) is 6.23. The average Bonchev–Trinajstić information content (AvgIpc) is 2.56. The third kappa shape index (κ3) is 1.16. The molecule has 0 N–H and O–H groups in total. The molecule has 3 heteroatoms. The molecule has 1 heterocycles. The maximum Gasteiger partial charge on any atom is 0.179 e. The van der Waals surface area contributed by atoms with Crippen molar-refractivity contribution < 1.29 is 9.63 Å². The minimum atomic E-state index is -0.00583. The molecular formula is C9H6NO2. The van der Waals surface area contributed by atoms with Crippen molar-refractivity contribution in [3.05, 3.63) is 36.7 Å². The number of benzene rings is 1. The van der Waals surface area contributed by atoms with Gasteiger partial charge in [-0.25, -0.2) is 0 Å². The van der Waals surface area contributed by atoms with Crippen molar-refractivity contribution in [1.82, 2.24) is 5.16 Å². The maximum absolute atomic E-state index is 10.9. The number of hydrogen-bond donors (Lipinski definition) is 0. The van der Waals surface area contributed by atoms with Crippen LogP contribution in [0.15, 0.2) is 41.2 Å². The Morgan fingerprint density at radius 1 is 1.25 bits per heavy atom. The lowest BCUT2D eigenvalue weighted by atomic mass is 10.1. The predicted molar refractivity (Wildman–Crippen MR) is 42.1 cm³/mol. The first-order valence-electron chi connectivity index (χ1n) is 3.53. The Labute approximate surface area is 69.2 Å². The first-order valence-corrected chi connectivity index (χ1v) is 3.53. The summed E-state index contributed by atoms with van der Waals surface area (Å²) in [6.45, 7) is 0. The summed E-state index contributed by atoms with van der Waals surface area (Å²) in [6.07, 6.45) is 3.09. The highest BCUT2D eigenvalue weighted by molar-refractivity contribution is 5.62. The first kappa shape index (κ1) is 6.91. The van der Waals surface area contributed by atoms with Crippen LogP contribution < -0.4 is 0 Å². The molecule has 1 radical (unpaired) electrons. The number of nitrogens with zero attached hydrogens (tertiary/aromatic N) is 1. The Bertz CT molecular complexity index is 368. The zero-order valence-electron chi connectivity index (χ0n) is 6.23. The van der Waals surface area contributed by atoms with Crippen LogP contribution in [-0.4, -0.2) is 5.16 Å². The summed E-state index contributed by atoms with van der Waals surface area (Å²) in [5, 5.41) is 14.5. The third-order valence-corrected chi connectivity index (χ3v) is 1.60. The van der Waals surface area contributed by atoms with Gasteiger partial charge in [-0.3, -0.25) is 5.11 Å². The summed E-state index contributed by atoms with van der Waals surface area (Å²) in [5.74, 6) is -0.00583. The molecule has 1 aromatic heterocycles. The fourth-order valence-corrected chi connectivity index (χ4v) is 1.02. The van der Waals surface area contributed by atoms with Gasteiger partial charge in [-0.1, -0.05) is 17.3 Å². The molecule has 2 aromatic rings. The number of rotatable bonds is 1. The minimum absolute atomic E-state index is 0.00583. The van der Waals surface area contributed by atoms with Gasteiger partial charge in [0.05, 0.1) is 6.20 Å². The van der Waals surface area contributed by atoms with Gasteiger partial charge >= 0.3 is 0 Å². The van der Waals surface area contributed by atoms with Crippen LogP contribution in [0.5, 0.6) is 5.75 Å². The SMILES string of the molecule is [O]c1cccc(-c2cnoc2)c1. The molecule has 0 atom stereocenters. The fourth-order valence-electron chi connectivity index (χ4n) is 1.02. The molecule has 1 aromatic carbocycles. The molecule has 59 valence electrons. The van der Waals surface area contributed by atoms with E-state index in [0.29, 0.717) is 0 Å². The van der Waals surface area contributed by atoms with Gasteiger partial charge in [0.25, 0.3) is 0 Å². The quantitative estimate of drug-likeness (QED) is 0.643. The molecule has 0 aliphatic rings. The topological polar surface area (TPSA) is 45.9 Å². The maximum atomic E-state index is 10.9. The van der Waals surface area contributed by atoms with E-state index in [0.717, 1.165) is 11.1 Å². The van der Waals surface area contributed by atoms with Crippen molar-refractivity contribution in [2.75, 3.05) is 0 Å². The highest BCUT2D eigenvalue weighted by Gasteiger charge is 2.00. The third-order valence-electron chi connectivity index (χ3n) is 1.60. The Morgan fingerprint density at radius 3 is 2.83 bits per heavy atom. The smallest absolute Gasteiger partial charge is 0.179 e. The largest absolute Gasteiger partial charge is 0.364 e. The molecular weight excluding hydrogens is 154 g/mol. The number of aromatic nitrogens is 1. The second kappa shape index (κ2) is 2.70. The highest BCUT2D eigenvalue weighted by Crippen LogP contribution is 2.22. The van der Waals surface area contributed by atoms with E-state index in [-0.39, 0.29) is 5.75 Å². The summed E-state index contributed by atoms with van der Waals surface area (Å²) in [7, 11) is 0. The van der Waals surface area contributed by atoms with Crippen molar-refractivity contribution in [3.8, 4) is 16.9 Å². The second-order valence-corrected chi connectivity index (χ2v) is 2.44. The van der Waals surface area contributed by atoms with Gasteiger partial charge in [0.2, 0.25) is 0 Å². The van der Waals surface area contributed by atoms with Crippen molar-refractivity contribution in [1.29, 1.82) is 0 Å². The monoisotopic (exact) mass is 160 g/mol. The van der Waals surface area contributed by atoms with E-state index in [9.17, 15) is 5.11 Å². The van der Waals surface area contributed by atoms with Crippen LogP contribution >= 0.6 is 0 Å². The summed E-state index contributed by atoms with van der Waals surface area (Å²) >= 11 is 0. The summed E-state index contributed by atoms with van der Waals surface area (Å²) in [4.78, 5) is 0. The van der Waals surface area contributed by atoms with Crippen LogP contribution in [0.4, 0.5) is 0 Å². The number of hydrogen-bond acceptors (Lipinski definition) is 2. The van der Waals surface area contributed by atoms with Crippen LogP contribution in [0.1, 0.15) is 0 Å². The van der Waals surface area contributed by atoms with Crippen molar-refractivity contribution in [2.24, 2.45) is 0 Å². The summed E-state index contributed by atoms with van der Waals surface area (Å²) < 4.78 is 4.66. The Hall–Kier alpha value is -1.77. The molecule has 0 spiro atoms. The van der Waals surface area contributed by atoms with Gasteiger partial charge in [0.1, 0.15) is 6.26 Å². The van der Waals surface area contributed by atoms with E-state index >= 15 is 0 Å². The van der Waals surface area contributed by atoms with E-state index < -0.39 is 0 Å². The Morgan fingerprint density at radius 2 is 2.17 bits per heavy atom. The summed E-state index contributed by atoms with van der Waals surface area (Å²) in [6, 6.07) is 6.61. The van der Waals surface area contributed by atoms with Crippen LogP contribution in [0.3, 0.4) is 0 Å². The lowest BCUT2D eigenvalue weighted by molar-refractivity contribution is 0.355. The zero-order chi connectivity index (χ0) is 8.39. The van der Waals surface area contributed by atoms with Crippen molar-refractivity contribution in [2.45, 2.75) is 0 Å². The molecule has 12 heavy (non-hydrogen) atoms. The molecule has 0 amide bonds. The standard InChI is InChI=1S/C9H6NO2/c11-9-3-1-2-7(4-9)8-5-10-12-6-8/h1-6H. The van der Waals surface area contributed by atoms with Gasteiger partial charge in [-0.15, -0.1) is 0 Å². The molecule has 0 aliphatic carbocycles. The van der Waals surface area contributed by atoms with Gasteiger partial charge in [-0.05, 0) is 17.7 Å². The van der Waals surface area contributed by atoms with Gasteiger partial charge < -0.3 is 4.52 Å². The molecule has 3 nitrogen and oxygen atoms in total. The lowest BCUT2D eigenvalue weighted by Gasteiger charge is -1.93. The Kier molecular flexibility index (Phi) is 1.55. The van der Waals surface area contributed by atoms with E-state index in [2.05, 4.69) is 9.68 Å². The molecule has 0 bridgehead atoms. The summed E-state index contributed by atoms with van der Waals surface area (Å²) in [5.41, 5.74) is 1.66. The normalized spacial score (nSPS) is 10.0. The molecule has 0 saturated heterocycles. The highest BCUT2D eigenvalue weighted by atomic mass is 16.5. The lowest BCUT2D eigenvalue weighted by Crippen LogP contribution is -1.71. The van der Waals surface area contributed by atoms with Crippen LogP contribution in [0.25, 0.3) is 11.1 Å². The van der Waals surface area contributed by atoms with Crippen molar-refractivity contribution in [3.63, 3.8) is 0 Å². The average molecular weight is 160 g/mol. The molecule has 0 saturated carbocycles. The predicted octanol–water partition coefficient (Wildman–Crippen LogP) is 2.49. The van der Waals surface area contributed by atoms with Crippen LogP contribution in [-0.2, 0) is 5.11 Å². The van der Waals surface area contributed by atoms with Gasteiger partial charge in [-0.2, -0.15) is 0 Å². The molecule has 2 rings (SSSR count). The van der Waals surface area contributed by atoms with E-state index in [1.807, 2.05) is 6.07 Å². The van der Waals surface area contributed by atoms with Crippen LogP contribution in [0.2, 0.25) is 0 Å².